The van der Waals surface area contributed by atoms with Crippen LogP contribution in [0, 0.1) is 24.0 Å². The van der Waals surface area contributed by atoms with Gasteiger partial charge in [-0.05, 0) is 31.0 Å². The maximum Gasteiger partial charge on any atom is 0.282 e. The fourth-order valence-corrected chi connectivity index (χ4v) is 4.25. The number of aromatic nitrogens is 1. The lowest BCUT2D eigenvalue weighted by atomic mass is 10.1. The van der Waals surface area contributed by atoms with Gasteiger partial charge in [0.2, 0.25) is 5.91 Å². The highest BCUT2D eigenvalue weighted by molar-refractivity contribution is 7.22. The van der Waals surface area contributed by atoms with E-state index >= 15 is 0 Å². The standard InChI is InChI=1S/C19H14N4O5S/c1-9-6-7-10(2)16-15(9)21-19(29-16)20-13(24)8-22-17(25)11-4-3-5-12(23(27)28)14(11)18(22)26/h3-7H,8H2,1-2H3,(H,20,21,24). The number of carbonyl (C=O) groups is 3. The molecular weight excluding hydrogens is 396 g/mol. The van der Waals surface area contributed by atoms with Crippen LogP contribution in [0.1, 0.15) is 31.8 Å². The third-order valence-corrected chi connectivity index (χ3v) is 5.77. The Morgan fingerprint density at radius 2 is 1.90 bits per heavy atom. The average molecular weight is 410 g/mol. The number of rotatable bonds is 4. The highest BCUT2D eigenvalue weighted by atomic mass is 32.1. The van der Waals surface area contributed by atoms with E-state index in [1.807, 2.05) is 26.0 Å². The maximum absolute atomic E-state index is 12.6. The molecule has 1 N–H and O–H groups in total. The molecule has 146 valence electrons. The molecular formula is C19H14N4O5S. The van der Waals surface area contributed by atoms with Crippen molar-refractivity contribution in [1.82, 2.24) is 9.88 Å². The normalized spacial score (nSPS) is 13.1. The summed E-state index contributed by atoms with van der Waals surface area (Å²) in [4.78, 5) is 53.1. The number of imide groups is 1. The summed E-state index contributed by atoms with van der Waals surface area (Å²) in [6, 6.07) is 7.72. The summed E-state index contributed by atoms with van der Waals surface area (Å²) in [5, 5.41) is 14.1. The minimum absolute atomic E-state index is 0.0803. The first-order chi connectivity index (χ1) is 13.8. The second-order valence-corrected chi connectivity index (χ2v) is 7.60. The lowest BCUT2D eigenvalue weighted by Crippen LogP contribution is -2.37. The maximum atomic E-state index is 12.6. The third-order valence-electron chi connectivity index (χ3n) is 4.66. The Labute approximate surface area is 168 Å². The second-order valence-electron chi connectivity index (χ2n) is 6.60. The number of nitrogens with one attached hydrogen (secondary N) is 1. The average Bonchev–Trinajstić information content (AvgIpc) is 3.21. The molecule has 0 saturated heterocycles. The number of fused-ring (bicyclic) bond motifs is 2. The van der Waals surface area contributed by atoms with Crippen LogP contribution in [0.4, 0.5) is 10.8 Å². The van der Waals surface area contributed by atoms with Crippen molar-refractivity contribution in [3.63, 3.8) is 0 Å². The minimum Gasteiger partial charge on any atom is -0.300 e. The molecule has 9 nitrogen and oxygen atoms in total. The fourth-order valence-electron chi connectivity index (χ4n) is 3.23. The first kappa shape index (κ1) is 18.7. The quantitative estimate of drug-likeness (QED) is 0.401. The van der Waals surface area contributed by atoms with E-state index in [2.05, 4.69) is 10.3 Å². The zero-order chi connectivity index (χ0) is 20.9. The Hall–Kier alpha value is -3.66. The second kappa shape index (κ2) is 6.74. The van der Waals surface area contributed by atoms with Gasteiger partial charge in [0.25, 0.3) is 17.5 Å². The van der Waals surface area contributed by atoms with Crippen LogP contribution in [0.25, 0.3) is 10.2 Å². The molecule has 0 saturated carbocycles. The van der Waals surface area contributed by atoms with Crippen molar-refractivity contribution in [3.8, 4) is 0 Å². The van der Waals surface area contributed by atoms with Crippen LogP contribution in [0.5, 0.6) is 0 Å². The van der Waals surface area contributed by atoms with Gasteiger partial charge in [-0.15, -0.1) is 0 Å². The van der Waals surface area contributed by atoms with Gasteiger partial charge in [-0.25, -0.2) is 4.98 Å². The third kappa shape index (κ3) is 3.03. The molecule has 0 atom stereocenters. The van der Waals surface area contributed by atoms with Crippen LogP contribution in [-0.2, 0) is 4.79 Å². The van der Waals surface area contributed by atoms with Crippen LogP contribution in [0.15, 0.2) is 30.3 Å². The van der Waals surface area contributed by atoms with Crippen molar-refractivity contribution in [2.75, 3.05) is 11.9 Å². The summed E-state index contributed by atoms with van der Waals surface area (Å²) in [6.07, 6.45) is 0. The van der Waals surface area contributed by atoms with Crippen LogP contribution < -0.4 is 5.32 Å². The smallest absolute Gasteiger partial charge is 0.282 e. The number of benzene rings is 2. The van der Waals surface area contributed by atoms with Crippen molar-refractivity contribution in [2.45, 2.75) is 13.8 Å². The number of nitro groups is 1. The summed E-state index contributed by atoms with van der Waals surface area (Å²) < 4.78 is 0.941. The van der Waals surface area contributed by atoms with Gasteiger partial charge in [0.05, 0.1) is 20.7 Å². The molecule has 0 aliphatic carbocycles. The topological polar surface area (TPSA) is 123 Å². The summed E-state index contributed by atoms with van der Waals surface area (Å²) in [7, 11) is 0. The number of anilines is 1. The molecule has 0 unspecified atom stereocenters. The SMILES string of the molecule is Cc1ccc(C)c2sc(NC(=O)CN3C(=O)c4cccc([N+](=O)[O-])c4C3=O)nc12. The van der Waals surface area contributed by atoms with Crippen molar-refractivity contribution in [1.29, 1.82) is 0 Å². The molecule has 1 aliphatic rings. The highest BCUT2D eigenvalue weighted by Crippen LogP contribution is 2.32. The Balaban J connectivity index is 1.57. The van der Waals surface area contributed by atoms with Gasteiger partial charge >= 0.3 is 0 Å². The predicted molar refractivity (Wildman–Crippen MR) is 106 cm³/mol. The van der Waals surface area contributed by atoms with Gasteiger partial charge in [0, 0.05) is 6.07 Å². The number of hydrogen-bond donors (Lipinski definition) is 1. The Kier molecular flexibility index (Phi) is 4.35. The number of amides is 3. The molecule has 2 aromatic carbocycles. The molecule has 3 aromatic rings. The first-order valence-electron chi connectivity index (χ1n) is 8.58. The number of nitro benzene ring substituents is 1. The zero-order valence-electron chi connectivity index (χ0n) is 15.4. The van der Waals surface area contributed by atoms with Crippen LogP contribution >= 0.6 is 11.3 Å². The van der Waals surface area contributed by atoms with E-state index in [9.17, 15) is 24.5 Å². The van der Waals surface area contributed by atoms with Gasteiger partial charge in [-0.2, -0.15) is 0 Å². The van der Waals surface area contributed by atoms with E-state index in [1.54, 1.807) is 0 Å². The monoisotopic (exact) mass is 410 g/mol. The lowest BCUT2D eigenvalue weighted by Gasteiger charge is -2.12. The zero-order valence-corrected chi connectivity index (χ0v) is 16.2. The number of aryl methyl sites for hydroxylation is 2. The van der Waals surface area contributed by atoms with Gasteiger partial charge in [-0.3, -0.25) is 29.4 Å². The highest BCUT2D eigenvalue weighted by Gasteiger charge is 2.41. The molecule has 1 aliphatic heterocycles. The number of thiazole rings is 1. The van der Waals surface area contributed by atoms with Gasteiger partial charge in [0.1, 0.15) is 12.1 Å². The molecule has 10 heteroatoms. The van der Waals surface area contributed by atoms with Crippen LogP contribution in [-0.4, -0.2) is 39.1 Å². The Bertz CT molecular complexity index is 1190. The lowest BCUT2D eigenvalue weighted by molar-refractivity contribution is -0.385. The van der Waals surface area contributed by atoms with E-state index in [0.29, 0.717) is 10.0 Å². The van der Waals surface area contributed by atoms with Gasteiger partial charge < -0.3 is 5.32 Å². The molecule has 3 amide bonds. The Morgan fingerprint density at radius 1 is 1.17 bits per heavy atom. The van der Waals surface area contributed by atoms with Gasteiger partial charge in [-0.1, -0.05) is 29.5 Å². The summed E-state index contributed by atoms with van der Waals surface area (Å²) in [6.45, 7) is 3.30. The van der Waals surface area contributed by atoms with Crippen molar-refractivity contribution in [3.05, 3.63) is 62.7 Å². The van der Waals surface area contributed by atoms with Crippen LogP contribution in [0.3, 0.4) is 0 Å². The van der Waals surface area contributed by atoms with E-state index in [-0.39, 0.29) is 11.1 Å². The molecule has 2 heterocycles. The summed E-state index contributed by atoms with van der Waals surface area (Å²) in [5.41, 5.74) is 1.94. The fraction of sp³-hybridized carbons (Fsp3) is 0.158. The van der Waals surface area contributed by atoms with E-state index in [0.717, 1.165) is 27.4 Å². The largest absolute Gasteiger partial charge is 0.300 e. The number of carbonyl (C=O) groups excluding carboxylic acids is 3. The molecule has 0 spiro atoms. The van der Waals surface area contributed by atoms with E-state index in [4.69, 9.17) is 0 Å². The predicted octanol–water partition coefficient (Wildman–Crippen LogP) is 3.06. The molecule has 1 aromatic heterocycles. The number of hydrogen-bond acceptors (Lipinski definition) is 7. The minimum atomic E-state index is -0.858. The van der Waals surface area contributed by atoms with Crippen molar-refractivity contribution < 1.29 is 19.3 Å². The first-order valence-corrected chi connectivity index (χ1v) is 9.39. The van der Waals surface area contributed by atoms with Crippen molar-refractivity contribution in [2.24, 2.45) is 0 Å². The number of nitrogens with zero attached hydrogens (tertiary/aromatic N) is 3. The summed E-state index contributed by atoms with van der Waals surface area (Å²) >= 11 is 1.30. The molecule has 0 fully saturated rings. The van der Waals surface area contributed by atoms with E-state index < -0.39 is 34.9 Å². The molecule has 0 radical (unpaired) electrons. The van der Waals surface area contributed by atoms with Gasteiger partial charge in [0.15, 0.2) is 5.13 Å². The van der Waals surface area contributed by atoms with Crippen LogP contribution in [0.2, 0.25) is 0 Å². The molecule has 0 bridgehead atoms. The molecule has 4 rings (SSSR count). The summed E-state index contributed by atoms with van der Waals surface area (Å²) in [5.74, 6) is -2.21. The Morgan fingerprint density at radius 3 is 2.59 bits per heavy atom. The van der Waals surface area contributed by atoms with Crippen molar-refractivity contribution >= 4 is 50.1 Å². The van der Waals surface area contributed by atoms with E-state index in [1.165, 1.54) is 23.5 Å². The molecule has 29 heavy (non-hydrogen) atoms.